The van der Waals surface area contributed by atoms with Crippen molar-refractivity contribution in [3.63, 3.8) is 0 Å². The zero-order valence-electron chi connectivity index (χ0n) is 7.71. The Kier molecular flexibility index (Phi) is 1.51. The van der Waals surface area contributed by atoms with Crippen molar-refractivity contribution in [2.75, 3.05) is 0 Å². The number of aliphatic carboxylic acids is 1. The molecule has 12 heavy (non-hydrogen) atoms. The first-order valence-electron chi connectivity index (χ1n) is 4.77. The lowest BCUT2D eigenvalue weighted by atomic mass is 9.72. The van der Waals surface area contributed by atoms with Crippen LogP contribution in [-0.2, 0) is 4.79 Å². The topological polar surface area (TPSA) is 37.3 Å². The van der Waals surface area contributed by atoms with Gasteiger partial charge in [-0.05, 0) is 36.5 Å². The molecule has 0 saturated heterocycles. The van der Waals surface area contributed by atoms with E-state index in [1.165, 1.54) is 6.42 Å². The number of rotatable bonds is 1. The molecule has 2 aliphatic rings. The van der Waals surface area contributed by atoms with Gasteiger partial charge < -0.3 is 5.11 Å². The highest BCUT2D eigenvalue weighted by Gasteiger charge is 2.55. The van der Waals surface area contributed by atoms with Crippen molar-refractivity contribution in [3.8, 4) is 0 Å². The van der Waals surface area contributed by atoms with Gasteiger partial charge >= 0.3 is 5.97 Å². The summed E-state index contributed by atoms with van der Waals surface area (Å²) in [6, 6.07) is 0. The van der Waals surface area contributed by atoms with Crippen molar-refractivity contribution in [2.45, 2.75) is 33.1 Å². The van der Waals surface area contributed by atoms with E-state index in [0.717, 1.165) is 12.8 Å². The maximum atomic E-state index is 10.9. The van der Waals surface area contributed by atoms with Crippen LogP contribution in [0.5, 0.6) is 0 Å². The normalized spacial score (nSPS) is 51.3. The Morgan fingerprint density at radius 1 is 1.58 bits per heavy atom. The van der Waals surface area contributed by atoms with Crippen LogP contribution < -0.4 is 0 Å². The maximum Gasteiger partial charge on any atom is 0.307 e. The van der Waals surface area contributed by atoms with E-state index in [0.29, 0.717) is 17.3 Å². The Bertz CT molecular complexity index is 224. The van der Waals surface area contributed by atoms with Gasteiger partial charge in [0.25, 0.3) is 0 Å². The van der Waals surface area contributed by atoms with Crippen molar-refractivity contribution in [3.05, 3.63) is 0 Å². The maximum absolute atomic E-state index is 10.9. The van der Waals surface area contributed by atoms with Crippen LogP contribution in [0.2, 0.25) is 0 Å². The Hall–Kier alpha value is -0.530. The van der Waals surface area contributed by atoms with Crippen LogP contribution in [0, 0.1) is 23.2 Å². The quantitative estimate of drug-likeness (QED) is 0.651. The minimum absolute atomic E-state index is 0.0521. The fourth-order valence-electron chi connectivity index (χ4n) is 3.30. The summed E-state index contributed by atoms with van der Waals surface area (Å²) in [7, 11) is 0. The molecule has 0 amide bonds. The lowest BCUT2D eigenvalue weighted by Crippen LogP contribution is -2.31. The SMILES string of the molecule is CC1C(C(=O)O)C2CCC1(C)C2. The third kappa shape index (κ3) is 0.838. The molecule has 0 heterocycles. The largest absolute Gasteiger partial charge is 0.481 e. The highest BCUT2D eigenvalue weighted by atomic mass is 16.4. The first-order chi connectivity index (χ1) is 5.54. The molecule has 4 atom stereocenters. The van der Waals surface area contributed by atoms with Gasteiger partial charge in [0, 0.05) is 0 Å². The molecule has 0 aromatic rings. The Labute approximate surface area is 73.0 Å². The fraction of sp³-hybridized carbons (Fsp3) is 0.900. The molecule has 2 fully saturated rings. The molecule has 2 nitrogen and oxygen atoms in total. The summed E-state index contributed by atoms with van der Waals surface area (Å²) in [6.45, 7) is 4.36. The van der Waals surface area contributed by atoms with Gasteiger partial charge in [-0.3, -0.25) is 4.79 Å². The van der Waals surface area contributed by atoms with Gasteiger partial charge in [-0.2, -0.15) is 0 Å². The number of carboxylic acid groups (broad SMARTS) is 1. The fourth-order valence-corrected chi connectivity index (χ4v) is 3.30. The monoisotopic (exact) mass is 168 g/mol. The van der Waals surface area contributed by atoms with Gasteiger partial charge in [0.05, 0.1) is 5.92 Å². The molecule has 0 aliphatic heterocycles. The van der Waals surface area contributed by atoms with E-state index >= 15 is 0 Å². The lowest BCUT2D eigenvalue weighted by molar-refractivity contribution is -0.145. The number of hydrogen-bond donors (Lipinski definition) is 1. The molecule has 1 N–H and O–H groups in total. The summed E-state index contributed by atoms with van der Waals surface area (Å²) in [5, 5.41) is 9.02. The van der Waals surface area contributed by atoms with Gasteiger partial charge in [0.1, 0.15) is 0 Å². The van der Waals surface area contributed by atoms with Crippen LogP contribution in [0.4, 0.5) is 0 Å². The predicted octanol–water partition coefficient (Wildman–Crippen LogP) is 2.14. The molecule has 0 aromatic heterocycles. The van der Waals surface area contributed by atoms with Crippen molar-refractivity contribution in [2.24, 2.45) is 23.2 Å². The van der Waals surface area contributed by atoms with E-state index in [2.05, 4.69) is 13.8 Å². The van der Waals surface area contributed by atoms with Gasteiger partial charge in [-0.15, -0.1) is 0 Å². The zero-order valence-corrected chi connectivity index (χ0v) is 7.71. The molecule has 2 heteroatoms. The summed E-state index contributed by atoms with van der Waals surface area (Å²) in [6.07, 6.45) is 3.52. The van der Waals surface area contributed by atoms with E-state index in [9.17, 15) is 4.79 Å². The van der Waals surface area contributed by atoms with Crippen LogP contribution in [0.25, 0.3) is 0 Å². The van der Waals surface area contributed by atoms with Crippen molar-refractivity contribution in [1.82, 2.24) is 0 Å². The molecular weight excluding hydrogens is 152 g/mol. The molecule has 0 radical (unpaired) electrons. The van der Waals surface area contributed by atoms with Crippen LogP contribution in [0.1, 0.15) is 33.1 Å². The Balaban J connectivity index is 2.26. The average molecular weight is 168 g/mol. The lowest BCUT2D eigenvalue weighted by Gasteiger charge is -2.32. The molecule has 0 aromatic carbocycles. The summed E-state index contributed by atoms with van der Waals surface area (Å²) < 4.78 is 0. The first kappa shape index (κ1) is 8.09. The van der Waals surface area contributed by atoms with E-state index in [4.69, 9.17) is 5.11 Å². The number of carbonyl (C=O) groups is 1. The predicted molar refractivity (Wildman–Crippen MR) is 45.7 cm³/mol. The highest BCUT2D eigenvalue weighted by molar-refractivity contribution is 5.71. The first-order valence-corrected chi connectivity index (χ1v) is 4.77. The molecule has 2 rings (SSSR count). The van der Waals surface area contributed by atoms with Crippen LogP contribution in [-0.4, -0.2) is 11.1 Å². The summed E-state index contributed by atoms with van der Waals surface area (Å²) in [5.74, 6) is 0.232. The van der Waals surface area contributed by atoms with Gasteiger partial charge in [0.2, 0.25) is 0 Å². The Morgan fingerprint density at radius 2 is 2.25 bits per heavy atom. The number of hydrogen-bond acceptors (Lipinski definition) is 1. The van der Waals surface area contributed by atoms with Crippen LogP contribution in [0.15, 0.2) is 0 Å². The molecule has 0 spiro atoms. The molecule has 4 unspecified atom stereocenters. The highest BCUT2D eigenvalue weighted by Crippen LogP contribution is 2.60. The van der Waals surface area contributed by atoms with Gasteiger partial charge in [-0.1, -0.05) is 13.8 Å². The number of carboxylic acids is 1. The average Bonchev–Trinajstić information content (AvgIpc) is 2.41. The minimum Gasteiger partial charge on any atom is -0.481 e. The molecule has 2 aliphatic carbocycles. The van der Waals surface area contributed by atoms with Crippen molar-refractivity contribution < 1.29 is 9.90 Å². The Morgan fingerprint density at radius 3 is 2.58 bits per heavy atom. The summed E-state index contributed by atoms with van der Waals surface area (Å²) in [4.78, 5) is 10.9. The second-order valence-electron chi connectivity index (χ2n) is 4.81. The molecule has 2 saturated carbocycles. The smallest absolute Gasteiger partial charge is 0.307 e. The standard InChI is InChI=1S/C10H16O2/c1-6-8(9(11)12)7-3-4-10(6,2)5-7/h6-8H,3-5H2,1-2H3,(H,11,12). The molecule has 2 bridgehead atoms. The van der Waals surface area contributed by atoms with Crippen molar-refractivity contribution >= 4 is 5.97 Å². The van der Waals surface area contributed by atoms with E-state index in [1.54, 1.807) is 0 Å². The molecule has 68 valence electrons. The van der Waals surface area contributed by atoms with E-state index < -0.39 is 5.97 Å². The van der Waals surface area contributed by atoms with E-state index in [1.807, 2.05) is 0 Å². The molecular formula is C10H16O2. The van der Waals surface area contributed by atoms with Crippen LogP contribution in [0.3, 0.4) is 0 Å². The summed E-state index contributed by atoms with van der Waals surface area (Å²) >= 11 is 0. The minimum atomic E-state index is -0.573. The third-order valence-corrected chi connectivity index (χ3v) is 4.25. The number of fused-ring (bicyclic) bond motifs is 2. The van der Waals surface area contributed by atoms with Gasteiger partial charge in [0.15, 0.2) is 0 Å². The zero-order chi connectivity index (χ0) is 8.93. The van der Waals surface area contributed by atoms with Gasteiger partial charge in [-0.25, -0.2) is 0 Å². The van der Waals surface area contributed by atoms with E-state index in [-0.39, 0.29) is 5.92 Å². The summed E-state index contributed by atoms with van der Waals surface area (Å²) in [5.41, 5.74) is 0.341. The second kappa shape index (κ2) is 2.24. The second-order valence-corrected chi connectivity index (χ2v) is 4.81. The third-order valence-electron chi connectivity index (χ3n) is 4.25. The van der Waals surface area contributed by atoms with Crippen molar-refractivity contribution in [1.29, 1.82) is 0 Å². The van der Waals surface area contributed by atoms with Crippen LogP contribution >= 0.6 is 0 Å².